The van der Waals surface area contributed by atoms with Crippen molar-refractivity contribution >= 4 is 17.0 Å². The fourth-order valence-electron chi connectivity index (χ4n) is 3.98. The Labute approximate surface area is 148 Å². The molecule has 0 aromatic carbocycles. The fourth-order valence-corrected chi connectivity index (χ4v) is 3.98. The Bertz CT molecular complexity index is 815. The minimum absolute atomic E-state index is 0.274. The zero-order valence-electron chi connectivity index (χ0n) is 14.0. The van der Waals surface area contributed by atoms with E-state index in [1.54, 1.807) is 4.57 Å². The van der Waals surface area contributed by atoms with Gasteiger partial charge in [0.25, 0.3) is 0 Å². The number of epoxide rings is 1. The lowest BCUT2D eigenvalue weighted by Gasteiger charge is -2.21. The van der Waals surface area contributed by atoms with Gasteiger partial charge in [0.05, 0.1) is 25.1 Å². The van der Waals surface area contributed by atoms with Crippen LogP contribution in [0.25, 0.3) is 11.2 Å². The van der Waals surface area contributed by atoms with Gasteiger partial charge in [0.1, 0.15) is 24.6 Å². The molecule has 7 atom stereocenters. The van der Waals surface area contributed by atoms with Gasteiger partial charge < -0.3 is 30.1 Å². The minimum Gasteiger partial charge on any atom is -0.394 e. The molecular formula is C16H21N5O5. The summed E-state index contributed by atoms with van der Waals surface area (Å²) in [4.78, 5) is 13.0. The summed E-state index contributed by atoms with van der Waals surface area (Å²) >= 11 is 0. The molecule has 4 N–H and O–H groups in total. The third kappa shape index (κ3) is 2.57. The second kappa shape index (κ2) is 6.10. The van der Waals surface area contributed by atoms with E-state index in [1.165, 1.54) is 12.7 Å². The monoisotopic (exact) mass is 363 g/mol. The number of ether oxygens (including phenoxy) is 2. The van der Waals surface area contributed by atoms with Crippen LogP contribution in [0.4, 0.5) is 5.82 Å². The SMILES string of the molecule is OCC1OC(n2cnc3c(NC4CCC5OC5C4)ncnc32)C(O)C1O. The molecule has 0 radical (unpaired) electrons. The number of imidazole rings is 1. The van der Waals surface area contributed by atoms with Gasteiger partial charge in [-0.05, 0) is 19.3 Å². The maximum atomic E-state index is 10.2. The van der Waals surface area contributed by atoms with Crippen molar-refractivity contribution in [2.24, 2.45) is 0 Å². The van der Waals surface area contributed by atoms with Crippen LogP contribution >= 0.6 is 0 Å². The first-order valence-corrected chi connectivity index (χ1v) is 8.87. The smallest absolute Gasteiger partial charge is 0.167 e. The number of anilines is 1. The maximum absolute atomic E-state index is 10.2. The molecule has 3 fully saturated rings. The van der Waals surface area contributed by atoms with Crippen LogP contribution in [0.2, 0.25) is 0 Å². The molecule has 3 aliphatic rings. The number of rotatable bonds is 4. The normalized spacial score (nSPS) is 39.1. The Hall–Kier alpha value is -1.85. The molecule has 10 heteroatoms. The zero-order chi connectivity index (χ0) is 17.8. The molecule has 5 rings (SSSR count). The van der Waals surface area contributed by atoms with Crippen molar-refractivity contribution < 1.29 is 24.8 Å². The van der Waals surface area contributed by atoms with Crippen molar-refractivity contribution in [2.75, 3.05) is 11.9 Å². The molecule has 2 aromatic rings. The first kappa shape index (κ1) is 16.3. The quantitative estimate of drug-likeness (QED) is 0.513. The average molecular weight is 363 g/mol. The molecule has 1 saturated carbocycles. The van der Waals surface area contributed by atoms with Gasteiger partial charge in [-0.15, -0.1) is 0 Å². The molecule has 2 aliphatic heterocycles. The van der Waals surface area contributed by atoms with E-state index in [0.717, 1.165) is 19.3 Å². The molecule has 0 spiro atoms. The lowest BCUT2D eigenvalue weighted by atomic mass is 9.95. The Kier molecular flexibility index (Phi) is 3.83. The van der Waals surface area contributed by atoms with E-state index in [2.05, 4.69) is 20.3 Å². The Morgan fingerprint density at radius 3 is 2.77 bits per heavy atom. The first-order chi connectivity index (χ1) is 12.7. The van der Waals surface area contributed by atoms with Gasteiger partial charge in [0.15, 0.2) is 23.2 Å². The van der Waals surface area contributed by atoms with Crippen molar-refractivity contribution in [2.45, 2.75) is 62.1 Å². The average Bonchev–Trinajstić information content (AvgIpc) is 3.21. The molecule has 0 amide bonds. The third-order valence-corrected chi connectivity index (χ3v) is 5.50. The Morgan fingerprint density at radius 2 is 2.00 bits per heavy atom. The highest BCUT2D eigenvalue weighted by Gasteiger charge is 2.45. The number of aromatic nitrogens is 4. The van der Waals surface area contributed by atoms with Crippen molar-refractivity contribution in [1.82, 2.24) is 19.5 Å². The summed E-state index contributed by atoms with van der Waals surface area (Å²) in [5.41, 5.74) is 1.07. The summed E-state index contributed by atoms with van der Waals surface area (Å²) < 4.78 is 12.7. The van der Waals surface area contributed by atoms with Gasteiger partial charge in [-0.25, -0.2) is 15.0 Å². The zero-order valence-corrected chi connectivity index (χ0v) is 14.0. The van der Waals surface area contributed by atoms with E-state index in [9.17, 15) is 15.3 Å². The van der Waals surface area contributed by atoms with E-state index < -0.39 is 24.5 Å². The molecule has 10 nitrogen and oxygen atoms in total. The summed E-state index contributed by atoms with van der Waals surface area (Å²) in [5, 5.41) is 32.9. The van der Waals surface area contributed by atoms with Crippen molar-refractivity contribution in [3.8, 4) is 0 Å². The van der Waals surface area contributed by atoms with Gasteiger partial charge in [-0.1, -0.05) is 0 Å². The topological polar surface area (TPSA) is 138 Å². The van der Waals surface area contributed by atoms with Crippen LogP contribution in [0.1, 0.15) is 25.5 Å². The second-order valence-corrected chi connectivity index (χ2v) is 7.14. The number of aliphatic hydroxyl groups excluding tert-OH is 3. The number of nitrogens with one attached hydrogen (secondary N) is 1. The van der Waals surface area contributed by atoms with Gasteiger partial charge in [-0.2, -0.15) is 0 Å². The van der Waals surface area contributed by atoms with Gasteiger partial charge in [0.2, 0.25) is 0 Å². The standard InChI is InChI=1S/C16H21N5O5/c22-4-10-12(23)13(24)16(26-10)21-6-19-11-14(17-5-18-15(11)21)20-7-1-2-8-9(3-7)25-8/h5-10,12-13,16,22-24H,1-4H2,(H,17,18,20). The highest BCUT2D eigenvalue weighted by atomic mass is 16.6. The second-order valence-electron chi connectivity index (χ2n) is 7.14. The highest BCUT2D eigenvalue weighted by Crippen LogP contribution is 2.38. The first-order valence-electron chi connectivity index (χ1n) is 8.87. The molecular weight excluding hydrogens is 342 g/mol. The molecule has 26 heavy (non-hydrogen) atoms. The lowest BCUT2D eigenvalue weighted by Crippen LogP contribution is -2.33. The van der Waals surface area contributed by atoms with Crippen molar-refractivity contribution in [3.63, 3.8) is 0 Å². The Morgan fingerprint density at radius 1 is 1.12 bits per heavy atom. The maximum Gasteiger partial charge on any atom is 0.167 e. The number of hydrogen-bond acceptors (Lipinski definition) is 9. The summed E-state index contributed by atoms with van der Waals surface area (Å²) in [7, 11) is 0. The summed E-state index contributed by atoms with van der Waals surface area (Å²) in [6, 6.07) is 0.274. The van der Waals surface area contributed by atoms with Crippen LogP contribution in [-0.2, 0) is 9.47 Å². The molecule has 140 valence electrons. The molecule has 0 bridgehead atoms. The summed E-state index contributed by atoms with van der Waals surface area (Å²) in [6.45, 7) is -0.380. The van der Waals surface area contributed by atoms with Crippen LogP contribution < -0.4 is 5.32 Å². The molecule has 1 aliphatic carbocycles. The number of hydrogen-bond donors (Lipinski definition) is 4. The third-order valence-electron chi connectivity index (χ3n) is 5.50. The highest BCUT2D eigenvalue weighted by molar-refractivity contribution is 5.82. The van der Waals surface area contributed by atoms with E-state index in [0.29, 0.717) is 29.2 Å². The van der Waals surface area contributed by atoms with Crippen molar-refractivity contribution in [1.29, 1.82) is 0 Å². The molecule has 7 unspecified atom stereocenters. The molecule has 4 heterocycles. The van der Waals surface area contributed by atoms with Crippen LogP contribution in [0, 0.1) is 0 Å². The minimum atomic E-state index is -1.18. The largest absolute Gasteiger partial charge is 0.394 e. The van der Waals surface area contributed by atoms with Gasteiger partial charge in [0, 0.05) is 6.04 Å². The van der Waals surface area contributed by atoms with E-state index in [4.69, 9.17) is 9.47 Å². The summed E-state index contributed by atoms with van der Waals surface area (Å²) in [6.07, 6.45) is 2.68. The number of nitrogens with zero attached hydrogens (tertiary/aromatic N) is 4. The van der Waals surface area contributed by atoms with E-state index in [1.807, 2.05) is 0 Å². The van der Waals surface area contributed by atoms with Crippen LogP contribution in [0.15, 0.2) is 12.7 Å². The summed E-state index contributed by atoms with van der Waals surface area (Å²) in [5.74, 6) is 0.629. The predicted molar refractivity (Wildman–Crippen MR) is 88.3 cm³/mol. The van der Waals surface area contributed by atoms with Crippen LogP contribution in [0.3, 0.4) is 0 Å². The van der Waals surface area contributed by atoms with E-state index >= 15 is 0 Å². The van der Waals surface area contributed by atoms with Crippen LogP contribution in [-0.4, -0.2) is 78.0 Å². The van der Waals surface area contributed by atoms with Gasteiger partial charge >= 0.3 is 0 Å². The number of fused-ring (bicyclic) bond motifs is 2. The van der Waals surface area contributed by atoms with Crippen molar-refractivity contribution in [3.05, 3.63) is 12.7 Å². The number of aliphatic hydroxyl groups is 3. The van der Waals surface area contributed by atoms with Gasteiger partial charge in [-0.3, -0.25) is 4.57 Å². The Balaban J connectivity index is 1.42. The predicted octanol–water partition coefficient (Wildman–Crippen LogP) is -0.830. The molecule has 2 saturated heterocycles. The fraction of sp³-hybridized carbons (Fsp3) is 0.688. The van der Waals surface area contributed by atoms with Crippen LogP contribution in [0.5, 0.6) is 0 Å². The molecule has 2 aromatic heterocycles. The van der Waals surface area contributed by atoms with E-state index in [-0.39, 0.29) is 12.6 Å². The lowest BCUT2D eigenvalue weighted by molar-refractivity contribution is -0.0511.